The predicted molar refractivity (Wildman–Crippen MR) is 66.7 cm³/mol. The van der Waals surface area contributed by atoms with Crippen molar-refractivity contribution in [2.75, 3.05) is 13.7 Å². The minimum atomic E-state index is -0.213. The molecule has 92 valence electrons. The highest BCUT2D eigenvalue weighted by Gasteiger charge is 2.18. The SMILES string of the molecule is COCC(N)c1nc2cnccc2n1C(C)C. The standard InChI is InChI=1S/C12H18N4O/c1-8(2)16-11-4-5-14-6-10(11)15-12(16)9(13)7-17-3/h4-6,8-9H,7,13H2,1-3H3. The van der Waals surface area contributed by atoms with E-state index in [1.54, 1.807) is 19.5 Å². The molecular weight excluding hydrogens is 216 g/mol. The highest BCUT2D eigenvalue weighted by atomic mass is 16.5. The van der Waals surface area contributed by atoms with Gasteiger partial charge < -0.3 is 15.0 Å². The molecule has 0 aliphatic heterocycles. The van der Waals surface area contributed by atoms with E-state index in [9.17, 15) is 0 Å². The van der Waals surface area contributed by atoms with Crippen LogP contribution in [0.3, 0.4) is 0 Å². The number of methoxy groups -OCH3 is 1. The van der Waals surface area contributed by atoms with Gasteiger partial charge in [-0.3, -0.25) is 4.98 Å². The van der Waals surface area contributed by atoms with E-state index in [1.807, 2.05) is 6.07 Å². The van der Waals surface area contributed by atoms with Crippen molar-refractivity contribution >= 4 is 11.0 Å². The van der Waals surface area contributed by atoms with Gasteiger partial charge in [-0.25, -0.2) is 4.98 Å². The van der Waals surface area contributed by atoms with Crippen LogP contribution in [0.2, 0.25) is 0 Å². The molecule has 5 heteroatoms. The van der Waals surface area contributed by atoms with E-state index in [2.05, 4.69) is 28.4 Å². The zero-order valence-electron chi connectivity index (χ0n) is 10.4. The smallest absolute Gasteiger partial charge is 0.129 e. The summed E-state index contributed by atoms with van der Waals surface area (Å²) in [6, 6.07) is 2.06. The fourth-order valence-electron chi connectivity index (χ4n) is 2.03. The molecule has 0 saturated heterocycles. The van der Waals surface area contributed by atoms with E-state index in [0.717, 1.165) is 16.9 Å². The molecule has 2 aromatic rings. The van der Waals surface area contributed by atoms with Crippen LogP contribution >= 0.6 is 0 Å². The average molecular weight is 234 g/mol. The molecule has 2 aromatic heterocycles. The minimum Gasteiger partial charge on any atom is -0.383 e. The molecule has 2 heterocycles. The fourth-order valence-corrected chi connectivity index (χ4v) is 2.03. The van der Waals surface area contributed by atoms with Gasteiger partial charge in [-0.05, 0) is 19.9 Å². The monoisotopic (exact) mass is 234 g/mol. The molecule has 2 rings (SSSR count). The summed E-state index contributed by atoms with van der Waals surface area (Å²) in [5.41, 5.74) is 8.02. The molecule has 0 saturated carbocycles. The molecule has 0 aliphatic carbocycles. The first-order valence-corrected chi connectivity index (χ1v) is 5.71. The summed E-state index contributed by atoms with van der Waals surface area (Å²) in [6.07, 6.45) is 3.53. The quantitative estimate of drug-likeness (QED) is 0.873. The van der Waals surface area contributed by atoms with Gasteiger partial charge in [0, 0.05) is 19.3 Å². The highest BCUT2D eigenvalue weighted by Crippen LogP contribution is 2.23. The van der Waals surface area contributed by atoms with Crippen molar-refractivity contribution in [3.63, 3.8) is 0 Å². The topological polar surface area (TPSA) is 66.0 Å². The molecule has 5 nitrogen and oxygen atoms in total. The van der Waals surface area contributed by atoms with Gasteiger partial charge in [0.05, 0.1) is 24.4 Å². The molecule has 0 aromatic carbocycles. The van der Waals surface area contributed by atoms with E-state index in [-0.39, 0.29) is 6.04 Å². The Kier molecular flexibility index (Phi) is 3.40. The number of hydrogen-bond acceptors (Lipinski definition) is 4. The molecule has 0 bridgehead atoms. The van der Waals surface area contributed by atoms with E-state index in [1.165, 1.54) is 0 Å². The Bertz CT molecular complexity index is 506. The summed E-state index contributed by atoms with van der Waals surface area (Å²) in [5, 5.41) is 0. The number of ether oxygens (including phenoxy) is 1. The first-order chi connectivity index (χ1) is 8.15. The summed E-state index contributed by atoms with van der Waals surface area (Å²) in [4.78, 5) is 8.63. The molecule has 1 unspecified atom stereocenters. The molecular formula is C12H18N4O. The first-order valence-electron chi connectivity index (χ1n) is 5.71. The average Bonchev–Trinajstić information content (AvgIpc) is 2.68. The van der Waals surface area contributed by atoms with Gasteiger partial charge in [0.1, 0.15) is 11.3 Å². The molecule has 0 spiro atoms. The lowest BCUT2D eigenvalue weighted by Crippen LogP contribution is -2.21. The minimum absolute atomic E-state index is 0.213. The van der Waals surface area contributed by atoms with Gasteiger partial charge in [-0.15, -0.1) is 0 Å². The zero-order valence-corrected chi connectivity index (χ0v) is 10.4. The Labute approximate surface area is 101 Å². The summed E-state index contributed by atoms with van der Waals surface area (Å²) in [7, 11) is 1.64. The number of pyridine rings is 1. The molecule has 2 N–H and O–H groups in total. The van der Waals surface area contributed by atoms with Crippen LogP contribution in [-0.2, 0) is 4.74 Å². The van der Waals surface area contributed by atoms with Gasteiger partial charge in [0.2, 0.25) is 0 Å². The number of fused-ring (bicyclic) bond motifs is 1. The number of rotatable bonds is 4. The van der Waals surface area contributed by atoms with Crippen molar-refractivity contribution in [3.8, 4) is 0 Å². The Morgan fingerprint density at radius 3 is 2.88 bits per heavy atom. The molecule has 0 aliphatic rings. The molecule has 17 heavy (non-hydrogen) atoms. The Morgan fingerprint density at radius 1 is 1.47 bits per heavy atom. The Hall–Kier alpha value is -1.46. The maximum atomic E-state index is 6.08. The third-order valence-electron chi connectivity index (χ3n) is 2.71. The van der Waals surface area contributed by atoms with Crippen molar-refractivity contribution in [1.29, 1.82) is 0 Å². The normalized spacial score (nSPS) is 13.5. The largest absolute Gasteiger partial charge is 0.383 e. The fraction of sp³-hybridized carbons (Fsp3) is 0.500. The third kappa shape index (κ3) is 2.16. The van der Waals surface area contributed by atoms with Crippen molar-refractivity contribution in [1.82, 2.24) is 14.5 Å². The van der Waals surface area contributed by atoms with Crippen LogP contribution in [0.1, 0.15) is 31.8 Å². The number of hydrogen-bond donors (Lipinski definition) is 1. The first kappa shape index (κ1) is 12.0. The maximum absolute atomic E-state index is 6.08. The number of nitrogens with two attached hydrogens (primary N) is 1. The second kappa shape index (κ2) is 4.81. The van der Waals surface area contributed by atoms with Gasteiger partial charge in [0.15, 0.2) is 0 Å². The number of aromatic nitrogens is 3. The van der Waals surface area contributed by atoms with Crippen LogP contribution in [0, 0.1) is 0 Å². The van der Waals surface area contributed by atoms with E-state index < -0.39 is 0 Å². The van der Waals surface area contributed by atoms with Crippen LogP contribution in [0.5, 0.6) is 0 Å². The Morgan fingerprint density at radius 2 is 2.24 bits per heavy atom. The second-order valence-electron chi connectivity index (χ2n) is 4.36. The maximum Gasteiger partial charge on any atom is 0.129 e. The van der Waals surface area contributed by atoms with Crippen molar-refractivity contribution in [3.05, 3.63) is 24.3 Å². The van der Waals surface area contributed by atoms with Crippen LogP contribution < -0.4 is 5.73 Å². The second-order valence-corrected chi connectivity index (χ2v) is 4.36. The lowest BCUT2D eigenvalue weighted by atomic mass is 10.2. The van der Waals surface area contributed by atoms with Gasteiger partial charge in [-0.2, -0.15) is 0 Å². The highest BCUT2D eigenvalue weighted by molar-refractivity contribution is 5.75. The van der Waals surface area contributed by atoms with Crippen molar-refractivity contribution in [2.45, 2.75) is 25.9 Å². The summed E-state index contributed by atoms with van der Waals surface area (Å²) >= 11 is 0. The van der Waals surface area contributed by atoms with Crippen molar-refractivity contribution < 1.29 is 4.74 Å². The lowest BCUT2D eigenvalue weighted by Gasteiger charge is -2.16. The third-order valence-corrected chi connectivity index (χ3v) is 2.71. The van der Waals surface area contributed by atoms with Crippen LogP contribution in [0.4, 0.5) is 0 Å². The number of nitrogens with zero attached hydrogens (tertiary/aromatic N) is 3. The van der Waals surface area contributed by atoms with Crippen LogP contribution in [0.25, 0.3) is 11.0 Å². The summed E-state index contributed by atoms with van der Waals surface area (Å²) in [5.74, 6) is 0.852. The molecule has 1 atom stereocenters. The number of imidazole rings is 1. The molecule has 0 amide bonds. The molecule has 0 fully saturated rings. The van der Waals surface area contributed by atoms with Gasteiger partial charge in [0.25, 0.3) is 0 Å². The zero-order chi connectivity index (χ0) is 12.4. The van der Waals surface area contributed by atoms with Crippen LogP contribution in [0.15, 0.2) is 18.5 Å². The van der Waals surface area contributed by atoms with E-state index in [4.69, 9.17) is 10.5 Å². The summed E-state index contributed by atoms with van der Waals surface area (Å²) in [6.45, 7) is 4.69. The lowest BCUT2D eigenvalue weighted by molar-refractivity contribution is 0.176. The van der Waals surface area contributed by atoms with Crippen LogP contribution in [-0.4, -0.2) is 28.3 Å². The summed E-state index contributed by atoms with van der Waals surface area (Å²) < 4.78 is 7.23. The van der Waals surface area contributed by atoms with Gasteiger partial charge in [-0.1, -0.05) is 0 Å². The van der Waals surface area contributed by atoms with E-state index in [0.29, 0.717) is 12.6 Å². The van der Waals surface area contributed by atoms with Gasteiger partial charge >= 0.3 is 0 Å². The van der Waals surface area contributed by atoms with E-state index >= 15 is 0 Å². The Balaban J connectivity index is 2.57. The molecule has 0 radical (unpaired) electrons. The van der Waals surface area contributed by atoms with Crippen molar-refractivity contribution in [2.24, 2.45) is 5.73 Å². The predicted octanol–water partition coefficient (Wildman–Crippen LogP) is 1.66.